The van der Waals surface area contributed by atoms with Crippen LogP contribution in [0.5, 0.6) is 5.75 Å². The van der Waals surface area contributed by atoms with Crippen LogP contribution in [0, 0.1) is 5.92 Å². The highest BCUT2D eigenvalue weighted by Gasteiger charge is 2.44. The van der Waals surface area contributed by atoms with Gasteiger partial charge in [-0.25, -0.2) is 0 Å². The average molecular weight is 449 g/mol. The number of ether oxygens (including phenoxy) is 1. The fraction of sp³-hybridized carbons (Fsp3) is 0.308. The van der Waals surface area contributed by atoms with Crippen LogP contribution in [0.15, 0.2) is 65.4 Å². The van der Waals surface area contributed by atoms with E-state index in [0.717, 1.165) is 23.2 Å². The second-order valence-electron chi connectivity index (χ2n) is 8.41. The Balaban J connectivity index is 1.82. The van der Waals surface area contributed by atoms with Crippen LogP contribution >= 0.6 is 11.3 Å². The minimum absolute atomic E-state index is 0.0553. The number of methoxy groups -OCH3 is 1. The maximum Gasteiger partial charge on any atom is 0.259 e. The molecule has 2 amide bonds. The fourth-order valence-electron chi connectivity index (χ4n) is 4.22. The van der Waals surface area contributed by atoms with E-state index in [1.54, 1.807) is 23.3 Å². The molecule has 6 heteroatoms. The molecule has 1 aliphatic rings. The van der Waals surface area contributed by atoms with Gasteiger partial charge in [0.15, 0.2) is 0 Å². The minimum atomic E-state index is -0.507. The van der Waals surface area contributed by atoms with Crippen molar-refractivity contribution in [3.63, 3.8) is 0 Å². The van der Waals surface area contributed by atoms with Crippen molar-refractivity contribution in [2.75, 3.05) is 18.6 Å². The summed E-state index contributed by atoms with van der Waals surface area (Å²) in [4.78, 5) is 29.0. The lowest BCUT2D eigenvalue weighted by molar-refractivity contribution is -0.123. The van der Waals surface area contributed by atoms with Crippen molar-refractivity contribution < 1.29 is 14.3 Å². The van der Waals surface area contributed by atoms with E-state index < -0.39 is 12.0 Å². The quantitative estimate of drug-likeness (QED) is 0.526. The maximum atomic E-state index is 13.7. The zero-order chi connectivity index (χ0) is 22.7. The Kier molecular flexibility index (Phi) is 6.61. The molecular weight excluding hydrogens is 420 g/mol. The molecular formula is C26H28N2O3S. The number of hydrogen-bond acceptors (Lipinski definition) is 4. The molecule has 2 heterocycles. The van der Waals surface area contributed by atoms with Gasteiger partial charge in [-0.05, 0) is 70.6 Å². The lowest BCUT2D eigenvalue weighted by Gasteiger charge is -2.41. The van der Waals surface area contributed by atoms with Gasteiger partial charge < -0.3 is 10.1 Å². The lowest BCUT2D eigenvalue weighted by atomic mass is 9.79. The fourth-order valence-corrected chi connectivity index (χ4v) is 4.91. The molecule has 4 rings (SSSR count). The van der Waals surface area contributed by atoms with Crippen LogP contribution in [-0.2, 0) is 4.79 Å². The number of nitrogens with one attached hydrogen (secondary N) is 1. The molecule has 166 valence electrons. The summed E-state index contributed by atoms with van der Waals surface area (Å²) in [5.74, 6) is 0.550. The average Bonchev–Trinajstić information content (AvgIpc) is 3.33. The summed E-state index contributed by atoms with van der Waals surface area (Å²) in [5, 5.41) is 7.14. The van der Waals surface area contributed by atoms with Crippen molar-refractivity contribution in [2.24, 2.45) is 5.92 Å². The molecule has 1 aliphatic heterocycles. The van der Waals surface area contributed by atoms with Gasteiger partial charge in [-0.1, -0.05) is 32.0 Å². The van der Waals surface area contributed by atoms with Gasteiger partial charge in [0.1, 0.15) is 5.75 Å². The van der Waals surface area contributed by atoms with E-state index in [-0.39, 0.29) is 11.8 Å². The molecule has 0 spiro atoms. The summed E-state index contributed by atoms with van der Waals surface area (Å²) < 4.78 is 5.30. The summed E-state index contributed by atoms with van der Waals surface area (Å²) in [7, 11) is 1.61. The second kappa shape index (κ2) is 9.57. The first-order valence-corrected chi connectivity index (χ1v) is 11.8. The Morgan fingerprint density at radius 2 is 1.88 bits per heavy atom. The Labute approximate surface area is 193 Å². The molecule has 1 aromatic heterocycles. The Hall–Kier alpha value is -3.12. The van der Waals surface area contributed by atoms with Gasteiger partial charge in [0.25, 0.3) is 5.91 Å². The number of anilines is 1. The Morgan fingerprint density at radius 3 is 2.53 bits per heavy atom. The minimum Gasteiger partial charge on any atom is -0.497 e. The first-order valence-electron chi connectivity index (χ1n) is 10.9. The molecule has 2 unspecified atom stereocenters. The van der Waals surface area contributed by atoms with E-state index in [9.17, 15) is 9.59 Å². The molecule has 0 bridgehead atoms. The summed E-state index contributed by atoms with van der Waals surface area (Å²) >= 11 is 1.56. The first-order chi connectivity index (χ1) is 15.5. The molecule has 0 saturated carbocycles. The number of benzene rings is 2. The number of fused-ring (bicyclic) bond motifs is 1. The molecule has 2 aromatic carbocycles. The number of rotatable bonds is 7. The summed E-state index contributed by atoms with van der Waals surface area (Å²) in [6, 6.07) is 16.5. The number of amides is 2. The van der Waals surface area contributed by atoms with E-state index in [1.807, 2.05) is 65.4 Å². The zero-order valence-electron chi connectivity index (χ0n) is 18.6. The molecule has 0 fully saturated rings. The van der Waals surface area contributed by atoms with E-state index in [4.69, 9.17) is 4.74 Å². The largest absolute Gasteiger partial charge is 0.497 e. The molecule has 5 nitrogen and oxygen atoms in total. The third kappa shape index (κ3) is 4.28. The van der Waals surface area contributed by atoms with Crippen molar-refractivity contribution in [3.8, 4) is 5.75 Å². The van der Waals surface area contributed by atoms with Gasteiger partial charge in [0.2, 0.25) is 5.91 Å². The summed E-state index contributed by atoms with van der Waals surface area (Å²) in [5.41, 5.74) is 3.04. The number of nitrogens with zero attached hydrogens (tertiary/aromatic N) is 1. The molecule has 0 aliphatic carbocycles. The van der Waals surface area contributed by atoms with Gasteiger partial charge in [0, 0.05) is 17.8 Å². The second-order valence-corrected chi connectivity index (χ2v) is 9.19. The number of carbonyl (C=O) groups is 2. The Bertz CT molecular complexity index is 1080. The normalized spacial score (nSPS) is 17.9. The third-order valence-corrected chi connectivity index (χ3v) is 6.58. The van der Waals surface area contributed by atoms with Crippen LogP contribution in [0.4, 0.5) is 5.69 Å². The van der Waals surface area contributed by atoms with E-state index in [2.05, 4.69) is 19.2 Å². The molecule has 3 aromatic rings. The van der Waals surface area contributed by atoms with Crippen LogP contribution in [0.25, 0.3) is 0 Å². The number of thiophene rings is 1. The van der Waals surface area contributed by atoms with Gasteiger partial charge in [-0.2, -0.15) is 11.3 Å². The molecule has 1 N–H and O–H groups in total. The highest BCUT2D eigenvalue weighted by molar-refractivity contribution is 7.08. The van der Waals surface area contributed by atoms with Crippen molar-refractivity contribution in [2.45, 2.75) is 32.2 Å². The van der Waals surface area contributed by atoms with Crippen molar-refractivity contribution >= 4 is 28.8 Å². The zero-order valence-corrected chi connectivity index (χ0v) is 19.4. The Morgan fingerprint density at radius 1 is 1.12 bits per heavy atom. The number of hydrogen-bond donors (Lipinski definition) is 1. The monoisotopic (exact) mass is 448 g/mol. The van der Waals surface area contributed by atoms with Gasteiger partial charge in [0.05, 0.1) is 19.1 Å². The van der Waals surface area contributed by atoms with Crippen LogP contribution in [-0.4, -0.2) is 25.5 Å². The molecule has 2 atom stereocenters. The van der Waals surface area contributed by atoms with Gasteiger partial charge in [-0.3, -0.25) is 14.5 Å². The molecule has 0 radical (unpaired) electrons. The maximum absolute atomic E-state index is 13.7. The standard InChI is InChI=1S/C26H28N2O3S/c1-17(2)12-14-27-25(29)23-21-6-4-5-7-22(21)26(30)28(24(23)18-13-15-32-16-18)19-8-10-20(31-3)11-9-19/h4-11,13,15-17,23-24H,12,14H2,1-3H3,(H,27,29). The molecule has 0 saturated heterocycles. The summed E-state index contributed by atoms with van der Waals surface area (Å²) in [6.45, 7) is 4.89. The molecule has 32 heavy (non-hydrogen) atoms. The topological polar surface area (TPSA) is 58.6 Å². The van der Waals surface area contributed by atoms with E-state index in [1.165, 1.54) is 0 Å². The van der Waals surface area contributed by atoms with Crippen molar-refractivity contribution in [1.82, 2.24) is 5.32 Å². The van der Waals surface area contributed by atoms with E-state index in [0.29, 0.717) is 23.8 Å². The van der Waals surface area contributed by atoms with E-state index >= 15 is 0 Å². The smallest absolute Gasteiger partial charge is 0.259 e. The predicted octanol–water partition coefficient (Wildman–Crippen LogP) is 5.40. The van der Waals surface area contributed by atoms with Gasteiger partial charge in [-0.15, -0.1) is 0 Å². The van der Waals surface area contributed by atoms with Crippen molar-refractivity contribution in [1.29, 1.82) is 0 Å². The highest BCUT2D eigenvalue weighted by atomic mass is 32.1. The van der Waals surface area contributed by atoms with Crippen LogP contribution < -0.4 is 15.0 Å². The first kappa shape index (κ1) is 22.1. The van der Waals surface area contributed by atoms with Crippen LogP contribution in [0.3, 0.4) is 0 Å². The number of carbonyl (C=O) groups excluding carboxylic acids is 2. The predicted molar refractivity (Wildman–Crippen MR) is 129 cm³/mol. The van der Waals surface area contributed by atoms with Crippen LogP contribution in [0.1, 0.15) is 53.7 Å². The van der Waals surface area contributed by atoms with Gasteiger partial charge >= 0.3 is 0 Å². The van der Waals surface area contributed by atoms with Crippen molar-refractivity contribution in [3.05, 3.63) is 82.0 Å². The third-order valence-electron chi connectivity index (χ3n) is 5.88. The SMILES string of the molecule is COc1ccc(N2C(=O)c3ccccc3C(C(=O)NCCC(C)C)C2c2ccsc2)cc1. The summed E-state index contributed by atoms with van der Waals surface area (Å²) in [6.07, 6.45) is 0.907. The van der Waals surface area contributed by atoms with Crippen LogP contribution in [0.2, 0.25) is 0 Å². The highest BCUT2D eigenvalue weighted by Crippen LogP contribution is 2.45. The lowest BCUT2D eigenvalue weighted by Crippen LogP contribution is -2.47.